The van der Waals surface area contributed by atoms with Gasteiger partial charge in [0.1, 0.15) is 23.1 Å². The number of hydrogen-bond acceptors (Lipinski definition) is 7. The van der Waals surface area contributed by atoms with Gasteiger partial charge in [-0.25, -0.2) is 8.78 Å². The summed E-state index contributed by atoms with van der Waals surface area (Å²) in [7, 11) is 0. The topological polar surface area (TPSA) is 75.5 Å². The van der Waals surface area contributed by atoms with Crippen molar-refractivity contribution in [3.63, 3.8) is 0 Å². The van der Waals surface area contributed by atoms with Crippen molar-refractivity contribution < 1.29 is 8.78 Å². The zero-order valence-electron chi connectivity index (χ0n) is 24.1. The summed E-state index contributed by atoms with van der Waals surface area (Å²) in [4.78, 5) is 7.52. The van der Waals surface area contributed by atoms with Crippen LogP contribution in [0, 0.1) is 17.1 Å². The van der Waals surface area contributed by atoms with Crippen molar-refractivity contribution in [2.24, 2.45) is 10.9 Å². The molecule has 2 unspecified atom stereocenters. The number of fused-ring (bicyclic) bond motifs is 1. The van der Waals surface area contributed by atoms with Gasteiger partial charge in [-0.1, -0.05) is 42.4 Å². The summed E-state index contributed by atoms with van der Waals surface area (Å²) < 4.78 is 27.3. The molecule has 1 aromatic rings. The first-order valence-corrected chi connectivity index (χ1v) is 16.1. The molecule has 0 bridgehead atoms. The lowest BCUT2D eigenvalue weighted by Crippen LogP contribution is -2.43. The number of nitrogens with zero attached hydrogens (tertiary/aromatic N) is 2. The highest BCUT2D eigenvalue weighted by Crippen LogP contribution is 2.45. The van der Waals surface area contributed by atoms with Crippen LogP contribution < -0.4 is 16.0 Å². The van der Waals surface area contributed by atoms with Gasteiger partial charge in [0.25, 0.3) is 0 Å². The van der Waals surface area contributed by atoms with E-state index in [4.69, 9.17) is 22.0 Å². The summed E-state index contributed by atoms with van der Waals surface area (Å²) in [5.41, 5.74) is 3.00. The molecule has 1 aromatic carbocycles. The largest absolute Gasteiger partial charge is 0.372 e. The minimum Gasteiger partial charge on any atom is -0.372 e. The van der Waals surface area contributed by atoms with Crippen LogP contribution in [-0.4, -0.2) is 60.7 Å². The van der Waals surface area contributed by atoms with Crippen LogP contribution in [0.3, 0.4) is 0 Å². The normalized spacial score (nSPS) is 22.8. The minimum absolute atomic E-state index is 0.0350. The second-order valence-corrected chi connectivity index (χ2v) is 12.3. The summed E-state index contributed by atoms with van der Waals surface area (Å²) in [6.07, 6.45) is 9.83. The molecule has 6 nitrogen and oxygen atoms in total. The lowest BCUT2D eigenvalue weighted by Gasteiger charge is -2.35. The zero-order valence-corrected chi connectivity index (χ0v) is 25.6. The molecule has 0 radical (unpaired) electrons. The van der Waals surface area contributed by atoms with Crippen LogP contribution in [0.1, 0.15) is 64.0 Å². The molecule has 0 saturated carbocycles. The standard InChI is InChI=1S/C31H43ClF2N6S/c1-3-36-14-15-37-13-7-9-22-18-27-28(26(35)10-6-4-5-8-21(2)33)29(24-12-11-23(34)19-25(24)32)39-30(40(27)20-22)31-38-16-17-41-31/h6,10-12,16-17,19,21-22,29,31,35-38H,3-5,7-9,13-15,18,20H2,1-2H3/b10-6-,35-26?/t21?,22-,29-,31?/m0/s1. The van der Waals surface area contributed by atoms with E-state index in [1.807, 2.05) is 23.8 Å². The summed E-state index contributed by atoms with van der Waals surface area (Å²) in [6.45, 7) is 8.43. The maximum atomic E-state index is 14.0. The van der Waals surface area contributed by atoms with Gasteiger partial charge in [-0.05, 0) is 88.1 Å². The Kier molecular flexibility index (Phi) is 12.3. The number of benzene rings is 1. The maximum absolute atomic E-state index is 14.0. The number of likely N-dealkylation sites (N-methyl/N-ethyl adjacent to an activating group) is 1. The van der Waals surface area contributed by atoms with Gasteiger partial charge in [0, 0.05) is 47.7 Å². The molecule has 0 spiro atoms. The summed E-state index contributed by atoms with van der Waals surface area (Å²) in [6, 6.07) is 3.91. The number of halogens is 3. The molecule has 41 heavy (non-hydrogen) atoms. The van der Waals surface area contributed by atoms with E-state index in [1.54, 1.807) is 24.8 Å². The lowest BCUT2D eigenvalue weighted by molar-refractivity contribution is 0.335. The molecule has 1 fully saturated rings. The molecular formula is C31H43ClF2N6S. The molecule has 1 saturated heterocycles. The first kappa shape index (κ1) is 31.7. The first-order chi connectivity index (χ1) is 19.9. The second kappa shape index (κ2) is 15.9. The number of allylic oxidation sites excluding steroid dienone is 3. The smallest absolute Gasteiger partial charge is 0.138 e. The summed E-state index contributed by atoms with van der Waals surface area (Å²) in [5, 5.41) is 21.7. The number of thioether (sulfide) groups is 1. The van der Waals surface area contributed by atoms with E-state index >= 15 is 0 Å². The fourth-order valence-corrected chi connectivity index (χ4v) is 6.65. The zero-order chi connectivity index (χ0) is 29.2. The average molecular weight is 605 g/mol. The Labute approximate surface area is 252 Å². The third-order valence-corrected chi connectivity index (χ3v) is 8.87. The fourth-order valence-electron chi connectivity index (χ4n) is 5.60. The Hall–Kier alpha value is -2.20. The van der Waals surface area contributed by atoms with Crippen LogP contribution in [0.15, 0.2) is 58.2 Å². The van der Waals surface area contributed by atoms with Crippen LogP contribution in [0.5, 0.6) is 0 Å². The van der Waals surface area contributed by atoms with E-state index in [2.05, 4.69) is 27.8 Å². The maximum Gasteiger partial charge on any atom is 0.138 e. The number of amidine groups is 1. The Bertz CT molecular complexity index is 1160. The molecule has 0 aliphatic carbocycles. The Morgan fingerprint density at radius 3 is 2.85 bits per heavy atom. The third kappa shape index (κ3) is 8.66. The third-order valence-electron chi connectivity index (χ3n) is 7.63. The van der Waals surface area contributed by atoms with Gasteiger partial charge in [-0.15, -0.1) is 0 Å². The van der Waals surface area contributed by atoms with Crippen LogP contribution >= 0.6 is 23.4 Å². The van der Waals surface area contributed by atoms with Crippen molar-refractivity contribution in [1.29, 1.82) is 5.41 Å². The highest BCUT2D eigenvalue weighted by molar-refractivity contribution is 8.03. The van der Waals surface area contributed by atoms with Crippen molar-refractivity contribution in [3.8, 4) is 0 Å². The van der Waals surface area contributed by atoms with E-state index < -0.39 is 18.0 Å². The summed E-state index contributed by atoms with van der Waals surface area (Å²) >= 11 is 8.27. The minimum atomic E-state index is -0.826. The van der Waals surface area contributed by atoms with Crippen LogP contribution in [0.25, 0.3) is 0 Å². The van der Waals surface area contributed by atoms with Gasteiger partial charge in [0.2, 0.25) is 0 Å². The molecule has 4 rings (SSSR count). The van der Waals surface area contributed by atoms with Gasteiger partial charge in [0.15, 0.2) is 0 Å². The monoisotopic (exact) mass is 604 g/mol. The van der Waals surface area contributed by atoms with Crippen molar-refractivity contribution in [1.82, 2.24) is 20.9 Å². The van der Waals surface area contributed by atoms with Crippen molar-refractivity contribution in [2.45, 2.75) is 70.0 Å². The number of alkyl halides is 1. The van der Waals surface area contributed by atoms with Crippen LogP contribution in [0.2, 0.25) is 5.02 Å². The number of aliphatic imine (C=N–C) groups is 1. The average Bonchev–Trinajstić information content (AvgIpc) is 3.62. The molecule has 3 aliphatic heterocycles. The van der Waals surface area contributed by atoms with Crippen LogP contribution in [-0.2, 0) is 0 Å². The molecular weight excluding hydrogens is 562 g/mol. The molecule has 0 aromatic heterocycles. The SMILES string of the molecule is CCNCCNCCC[C@H]1CC2=C(C(=N)/C=C\CCCC(C)F)[C@H](c3ccc(F)cc3Cl)N=C(C3NC=CS3)N2C1. The van der Waals surface area contributed by atoms with Gasteiger partial charge >= 0.3 is 0 Å². The van der Waals surface area contributed by atoms with E-state index in [1.165, 1.54) is 12.1 Å². The fraction of sp³-hybridized carbons (Fsp3) is 0.548. The van der Waals surface area contributed by atoms with E-state index in [0.29, 0.717) is 35.1 Å². The van der Waals surface area contributed by atoms with Crippen molar-refractivity contribution in [3.05, 3.63) is 69.6 Å². The molecule has 0 amide bonds. The highest BCUT2D eigenvalue weighted by Gasteiger charge is 2.41. The van der Waals surface area contributed by atoms with E-state index in [-0.39, 0.29) is 5.37 Å². The predicted octanol–water partition coefficient (Wildman–Crippen LogP) is 6.73. The van der Waals surface area contributed by atoms with Gasteiger partial charge < -0.3 is 26.3 Å². The number of unbranched alkanes of at least 4 members (excludes halogenated alkanes) is 1. The lowest BCUT2D eigenvalue weighted by atomic mass is 9.89. The molecule has 4 N–H and O–H groups in total. The van der Waals surface area contributed by atoms with Gasteiger partial charge in [-0.3, -0.25) is 4.99 Å². The highest BCUT2D eigenvalue weighted by atomic mass is 35.5. The van der Waals surface area contributed by atoms with Gasteiger partial charge in [-0.2, -0.15) is 0 Å². The molecule has 3 heterocycles. The first-order valence-electron chi connectivity index (χ1n) is 14.8. The van der Waals surface area contributed by atoms with Gasteiger partial charge in [0.05, 0.1) is 11.9 Å². The number of nitrogens with one attached hydrogen (secondary N) is 4. The van der Waals surface area contributed by atoms with E-state index in [0.717, 1.165) is 75.5 Å². The molecule has 224 valence electrons. The Morgan fingerprint density at radius 2 is 2.12 bits per heavy atom. The van der Waals surface area contributed by atoms with Crippen molar-refractivity contribution in [2.75, 3.05) is 32.7 Å². The summed E-state index contributed by atoms with van der Waals surface area (Å²) in [5.74, 6) is 0.957. The molecule has 4 atom stereocenters. The van der Waals surface area contributed by atoms with Crippen LogP contribution in [0.4, 0.5) is 8.78 Å². The number of rotatable bonds is 16. The molecule has 10 heteroatoms. The second-order valence-electron chi connectivity index (χ2n) is 10.9. The predicted molar refractivity (Wildman–Crippen MR) is 169 cm³/mol. The number of hydrogen-bond donors (Lipinski definition) is 4. The Morgan fingerprint density at radius 1 is 1.29 bits per heavy atom. The van der Waals surface area contributed by atoms with E-state index in [9.17, 15) is 8.78 Å². The van der Waals surface area contributed by atoms with Crippen molar-refractivity contribution >= 4 is 34.9 Å². The Balaban J connectivity index is 1.60. The molecule has 3 aliphatic rings. The quantitative estimate of drug-likeness (QED) is 0.124.